The van der Waals surface area contributed by atoms with Crippen molar-refractivity contribution in [3.63, 3.8) is 0 Å². The Labute approximate surface area is 128 Å². The smallest absolute Gasteiger partial charge is 0.245 e. The number of halogens is 1. The largest absolute Gasteiger partial charge is 0.379 e. The Morgan fingerprint density at radius 3 is 2.53 bits per heavy atom. The Hall–Kier alpha value is -0.210. The Morgan fingerprint density at radius 1 is 1.21 bits per heavy atom. The molecule has 5 nitrogen and oxygen atoms in total. The first-order valence-corrected chi connectivity index (χ1v) is 7.77. The number of hydrogen-bond donors (Lipinski definition) is 1. The van der Waals surface area contributed by atoms with Crippen molar-refractivity contribution in [3.8, 4) is 0 Å². The van der Waals surface area contributed by atoms with Gasteiger partial charge in [0.2, 0.25) is 5.91 Å². The third-order valence-corrected chi connectivity index (χ3v) is 3.65. The maximum atomic E-state index is 11.3. The number of unbranched alkanes of at least 4 members (excludes halogenated alkanes) is 1. The third kappa shape index (κ3) is 12.6. The van der Waals surface area contributed by atoms with E-state index in [0.717, 1.165) is 19.3 Å². The first kappa shape index (κ1) is 18.8. The molecule has 0 rings (SSSR count). The summed E-state index contributed by atoms with van der Waals surface area (Å²) < 4.78 is 10.4. The van der Waals surface area contributed by atoms with Crippen LogP contribution in [0.25, 0.3) is 0 Å². The fraction of sp³-hybridized carbons (Fsp3) is 0.846. The zero-order chi connectivity index (χ0) is 14.5. The summed E-state index contributed by atoms with van der Waals surface area (Å²) >= 11 is 1.83. The summed E-state index contributed by atoms with van der Waals surface area (Å²) in [6.07, 6.45) is 2.71. The van der Waals surface area contributed by atoms with Crippen molar-refractivity contribution in [2.24, 2.45) is 5.92 Å². The maximum Gasteiger partial charge on any atom is 0.245 e. The average molecular weight is 385 g/mol. The van der Waals surface area contributed by atoms with E-state index in [0.29, 0.717) is 26.4 Å². The summed E-state index contributed by atoms with van der Waals surface area (Å²) in [5, 5.41) is 2.78. The first-order chi connectivity index (χ1) is 9.07. The molecule has 0 fully saturated rings. The average Bonchev–Trinajstić information content (AvgIpc) is 2.37. The molecule has 0 saturated heterocycles. The minimum atomic E-state index is -0.102. The van der Waals surface area contributed by atoms with Gasteiger partial charge in [0.25, 0.3) is 0 Å². The van der Waals surface area contributed by atoms with Crippen LogP contribution in [0.4, 0.5) is 0 Å². The van der Waals surface area contributed by atoms with E-state index in [2.05, 4.69) is 5.32 Å². The maximum absolute atomic E-state index is 11.3. The third-order valence-electron chi connectivity index (χ3n) is 2.58. The molecular weight excluding hydrogens is 361 g/mol. The molecule has 6 heteroatoms. The molecule has 0 aromatic rings. The van der Waals surface area contributed by atoms with E-state index < -0.39 is 0 Å². The molecule has 0 aliphatic heterocycles. The van der Waals surface area contributed by atoms with Crippen molar-refractivity contribution in [2.45, 2.75) is 33.1 Å². The van der Waals surface area contributed by atoms with Crippen molar-refractivity contribution >= 4 is 32.3 Å². The fourth-order valence-corrected chi connectivity index (χ4v) is 1.71. The Balaban J connectivity index is 3.31. The molecule has 0 heterocycles. The standard InChI is InChI=1S/C13H24INO4/c1-3-18-8-9-19-10-12(16)15-7-5-4-6-11(2)13(14)17/h11H,3-10H2,1-2H3,(H,15,16)/t11-/m0/s1. The molecule has 1 N–H and O–H groups in total. The number of ether oxygens (including phenoxy) is 2. The summed E-state index contributed by atoms with van der Waals surface area (Å²) in [4.78, 5) is 22.3. The van der Waals surface area contributed by atoms with Crippen LogP contribution in [-0.4, -0.2) is 42.7 Å². The first-order valence-electron chi connectivity index (χ1n) is 6.69. The highest BCUT2D eigenvalue weighted by atomic mass is 127. The van der Waals surface area contributed by atoms with Crippen LogP contribution in [0.2, 0.25) is 0 Å². The molecule has 1 atom stereocenters. The van der Waals surface area contributed by atoms with Crippen molar-refractivity contribution in [2.75, 3.05) is 33.0 Å². The number of carbonyl (C=O) groups excluding carboxylic acids is 2. The van der Waals surface area contributed by atoms with Gasteiger partial charge in [-0.15, -0.1) is 0 Å². The molecule has 0 aliphatic rings. The number of amides is 1. The van der Waals surface area contributed by atoms with E-state index in [4.69, 9.17) is 9.47 Å². The molecule has 112 valence electrons. The lowest BCUT2D eigenvalue weighted by molar-refractivity contribution is -0.126. The van der Waals surface area contributed by atoms with E-state index in [-0.39, 0.29) is 22.2 Å². The minimum Gasteiger partial charge on any atom is -0.379 e. The lowest BCUT2D eigenvalue weighted by Gasteiger charge is -2.08. The van der Waals surface area contributed by atoms with Gasteiger partial charge in [0.15, 0.2) is 3.79 Å². The van der Waals surface area contributed by atoms with E-state index in [1.807, 2.05) is 36.4 Å². The lowest BCUT2D eigenvalue weighted by Crippen LogP contribution is -2.29. The van der Waals surface area contributed by atoms with Gasteiger partial charge < -0.3 is 14.8 Å². The molecule has 0 aliphatic carbocycles. The quantitative estimate of drug-likeness (QED) is 0.317. The van der Waals surface area contributed by atoms with Crippen LogP contribution in [0, 0.1) is 5.92 Å². The zero-order valence-electron chi connectivity index (χ0n) is 11.7. The summed E-state index contributed by atoms with van der Waals surface area (Å²) in [6.45, 7) is 6.18. The molecule has 1 amide bonds. The van der Waals surface area contributed by atoms with Gasteiger partial charge in [0, 0.05) is 19.1 Å². The van der Waals surface area contributed by atoms with E-state index >= 15 is 0 Å². The van der Waals surface area contributed by atoms with Crippen LogP contribution in [-0.2, 0) is 19.1 Å². The van der Waals surface area contributed by atoms with Crippen molar-refractivity contribution in [1.82, 2.24) is 5.32 Å². The molecule has 0 unspecified atom stereocenters. The highest BCUT2D eigenvalue weighted by Gasteiger charge is 2.08. The van der Waals surface area contributed by atoms with Crippen LogP contribution < -0.4 is 5.32 Å². The van der Waals surface area contributed by atoms with Gasteiger partial charge in [-0.25, -0.2) is 0 Å². The Bertz CT molecular complexity index is 261. The second-order valence-corrected chi connectivity index (χ2v) is 5.36. The summed E-state index contributed by atoms with van der Waals surface area (Å²) in [5.41, 5.74) is 0. The molecule has 0 saturated carbocycles. The summed E-state index contributed by atoms with van der Waals surface area (Å²) in [5.74, 6) is 0.00714. The van der Waals surface area contributed by atoms with Gasteiger partial charge in [0.05, 0.1) is 13.2 Å². The summed E-state index contributed by atoms with van der Waals surface area (Å²) in [6, 6.07) is 0. The Kier molecular flexibility index (Phi) is 12.7. The van der Waals surface area contributed by atoms with Crippen molar-refractivity contribution in [3.05, 3.63) is 0 Å². The van der Waals surface area contributed by atoms with Gasteiger partial charge in [-0.3, -0.25) is 9.59 Å². The lowest BCUT2D eigenvalue weighted by atomic mass is 10.1. The minimum absolute atomic E-state index is 0.0791. The van der Waals surface area contributed by atoms with Gasteiger partial charge in [-0.05, 0) is 42.4 Å². The second kappa shape index (κ2) is 12.8. The van der Waals surface area contributed by atoms with Gasteiger partial charge in [-0.1, -0.05) is 13.3 Å². The van der Waals surface area contributed by atoms with Crippen LogP contribution in [0.5, 0.6) is 0 Å². The van der Waals surface area contributed by atoms with Crippen molar-refractivity contribution < 1.29 is 19.1 Å². The van der Waals surface area contributed by atoms with E-state index in [1.165, 1.54) is 0 Å². The monoisotopic (exact) mass is 385 g/mol. The predicted molar refractivity (Wildman–Crippen MR) is 82.4 cm³/mol. The molecule has 0 spiro atoms. The van der Waals surface area contributed by atoms with Gasteiger partial charge >= 0.3 is 0 Å². The SMILES string of the molecule is CCOCCOCC(=O)NCCCC[C@H](C)C(=O)I. The van der Waals surface area contributed by atoms with E-state index in [9.17, 15) is 9.59 Å². The normalized spacial score (nSPS) is 12.2. The van der Waals surface area contributed by atoms with Crippen LogP contribution in [0.15, 0.2) is 0 Å². The zero-order valence-corrected chi connectivity index (χ0v) is 13.9. The number of nitrogens with one attached hydrogen (secondary N) is 1. The van der Waals surface area contributed by atoms with Crippen LogP contribution >= 0.6 is 22.6 Å². The number of carbonyl (C=O) groups is 2. The fourth-order valence-electron chi connectivity index (χ4n) is 1.39. The molecule has 0 aromatic carbocycles. The molecule has 0 aromatic heterocycles. The number of hydrogen-bond acceptors (Lipinski definition) is 4. The molecular formula is C13H24INO4. The van der Waals surface area contributed by atoms with Crippen LogP contribution in [0.1, 0.15) is 33.1 Å². The summed E-state index contributed by atoms with van der Waals surface area (Å²) in [7, 11) is 0. The predicted octanol–water partition coefficient (Wildman–Crippen LogP) is 1.92. The highest BCUT2D eigenvalue weighted by molar-refractivity contribution is 14.1. The Morgan fingerprint density at radius 2 is 1.89 bits per heavy atom. The van der Waals surface area contributed by atoms with Crippen molar-refractivity contribution in [1.29, 1.82) is 0 Å². The van der Waals surface area contributed by atoms with Gasteiger partial charge in [-0.2, -0.15) is 0 Å². The van der Waals surface area contributed by atoms with E-state index in [1.54, 1.807) is 0 Å². The van der Waals surface area contributed by atoms with Crippen LogP contribution in [0.3, 0.4) is 0 Å². The second-order valence-electron chi connectivity index (χ2n) is 4.30. The molecule has 19 heavy (non-hydrogen) atoms. The molecule has 0 radical (unpaired) electrons. The van der Waals surface area contributed by atoms with Gasteiger partial charge in [0.1, 0.15) is 6.61 Å². The highest BCUT2D eigenvalue weighted by Crippen LogP contribution is 2.11. The number of rotatable bonds is 12. The molecule has 0 bridgehead atoms. The topological polar surface area (TPSA) is 64.6 Å².